The molecule has 0 fully saturated rings. The summed E-state index contributed by atoms with van der Waals surface area (Å²) in [4.78, 5) is 0.0734. The standard InChI is InChI=1S/C14H11ClFN3O2S/c15-10-3-6-13-12(7-10)18-14(19-22(13,20)21)17-8-9-1-4-11(16)5-2-9/h1-7H,8H2,(H2,17,18,19). The normalized spacial score (nSPS) is 15.5. The summed E-state index contributed by atoms with van der Waals surface area (Å²) in [6.07, 6.45) is 0. The predicted molar refractivity (Wildman–Crippen MR) is 82.9 cm³/mol. The molecule has 0 saturated heterocycles. The van der Waals surface area contributed by atoms with Crippen molar-refractivity contribution in [2.24, 2.45) is 4.40 Å². The first-order valence-corrected chi connectivity index (χ1v) is 8.16. The van der Waals surface area contributed by atoms with Crippen LogP contribution in [0.1, 0.15) is 5.56 Å². The van der Waals surface area contributed by atoms with Gasteiger partial charge < -0.3 is 10.6 Å². The summed E-state index contributed by atoms with van der Waals surface area (Å²) < 4.78 is 40.7. The molecular weight excluding hydrogens is 329 g/mol. The van der Waals surface area contributed by atoms with E-state index in [-0.39, 0.29) is 16.7 Å². The van der Waals surface area contributed by atoms with E-state index in [1.54, 1.807) is 12.1 Å². The zero-order chi connectivity index (χ0) is 15.7. The molecule has 8 heteroatoms. The van der Waals surface area contributed by atoms with Gasteiger partial charge in [0.15, 0.2) is 0 Å². The van der Waals surface area contributed by atoms with Crippen LogP contribution in [-0.4, -0.2) is 14.4 Å². The monoisotopic (exact) mass is 339 g/mol. The Bertz CT molecular complexity index is 851. The SMILES string of the molecule is O=S1(=O)N=C(NCc2ccc(F)cc2)Nc2cc(Cl)ccc21. The quantitative estimate of drug-likeness (QED) is 0.882. The van der Waals surface area contributed by atoms with E-state index in [1.807, 2.05) is 0 Å². The average molecular weight is 340 g/mol. The molecule has 114 valence electrons. The molecule has 2 aromatic rings. The van der Waals surface area contributed by atoms with E-state index in [1.165, 1.54) is 30.3 Å². The van der Waals surface area contributed by atoms with Gasteiger partial charge in [0.2, 0.25) is 5.96 Å². The van der Waals surface area contributed by atoms with Gasteiger partial charge in [0.1, 0.15) is 10.7 Å². The lowest BCUT2D eigenvalue weighted by molar-refractivity contribution is 0.597. The molecule has 0 saturated carbocycles. The molecule has 2 N–H and O–H groups in total. The zero-order valence-corrected chi connectivity index (χ0v) is 12.7. The molecule has 0 spiro atoms. The fraction of sp³-hybridized carbons (Fsp3) is 0.0714. The van der Waals surface area contributed by atoms with Gasteiger partial charge in [-0.25, -0.2) is 4.39 Å². The number of hydrogen-bond donors (Lipinski definition) is 2. The number of sulfonamides is 1. The lowest BCUT2D eigenvalue weighted by Crippen LogP contribution is -2.34. The molecule has 22 heavy (non-hydrogen) atoms. The van der Waals surface area contributed by atoms with Crippen LogP contribution in [0.3, 0.4) is 0 Å². The topological polar surface area (TPSA) is 70.6 Å². The van der Waals surface area contributed by atoms with E-state index in [2.05, 4.69) is 15.0 Å². The highest BCUT2D eigenvalue weighted by molar-refractivity contribution is 7.90. The average Bonchev–Trinajstić information content (AvgIpc) is 2.45. The zero-order valence-electron chi connectivity index (χ0n) is 11.2. The van der Waals surface area contributed by atoms with Gasteiger partial charge in [-0.2, -0.15) is 8.42 Å². The van der Waals surface area contributed by atoms with E-state index >= 15 is 0 Å². The van der Waals surface area contributed by atoms with E-state index in [0.717, 1.165) is 5.56 Å². The lowest BCUT2D eigenvalue weighted by Gasteiger charge is -2.19. The number of anilines is 1. The van der Waals surface area contributed by atoms with Gasteiger partial charge in [-0.15, -0.1) is 4.40 Å². The van der Waals surface area contributed by atoms with Crippen LogP contribution in [0.2, 0.25) is 5.02 Å². The maximum atomic E-state index is 12.8. The van der Waals surface area contributed by atoms with Crippen molar-refractivity contribution in [2.75, 3.05) is 5.32 Å². The third-order valence-corrected chi connectivity index (χ3v) is 4.63. The van der Waals surface area contributed by atoms with Gasteiger partial charge in [0.05, 0.1) is 5.69 Å². The van der Waals surface area contributed by atoms with Crippen molar-refractivity contribution in [2.45, 2.75) is 11.4 Å². The Balaban J connectivity index is 1.81. The summed E-state index contributed by atoms with van der Waals surface area (Å²) in [6, 6.07) is 10.3. The summed E-state index contributed by atoms with van der Waals surface area (Å²) >= 11 is 5.87. The highest BCUT2D eigenvalue weighted by atomic mass is 35.5. The van der Waals surface area contributed by atoms with Crippen LogP contribution in [0, 0.1) is 5.82 Å². The van der Waals surface area contributed by atoms with Crippen molar-refractivity contribution in [3.8, 4) is 0 Å². The van der Waals surface area contributed by atoms with E-state index in [4.69, 9.17) is 11.6 Å². The Morgan fingerprint density at radius 1 is 1.18 bits per heavy atom. The smallest absolute Gasteiger partial charge is 0.287 e. The first-order valence-electron chi connectivity index (χ1n) is 6.34. The first kappa shape index (κ1) is 14.8. The molecule has 0 bridgehead atoms. The number of rotatable bonds is 2. The predicted octanol–water partition coefficient (Wildman–Crippen LogP) is 2.74. The van der Waals surface area contributed by atoms with Crippen molar-refractivity contribution in [3.63, 3.8) is 0 Å². The second-order valence-electron chi connectivity index (χ2n) is 4.66. The van der Waals surface area contributed by atoms with Crippen LogP contribution in [0.15, 0.2) is 51.8 Å². The van der Waals surface area contributed by atoms with E-state index in [0.29, 0.717) is 17.3 Å². The van der Waals surface area contributed by atoms with Crippen molar-refractivity contribution in [1.82, 2.24) is 5.32 Å². The molecule has 0 amide bonds. The molecule has 5 nitrogen and oxygen atoms in total. The van der Waals surface area contributed by atoms with Crippen molar-refractivity contribution < 1.29 is 12.8 Å². The number of halogens is 2. The highest BCUT2D eigenvalue weighted by Crippen LogP contribution is 2.29. The maximum absolute atomic E-state index is 12.8. The second-order valence-corrected chi connectivity index (χ2v) is 6.67. The third-order valence-electron chi connectivity index (χ3n) is 3.06. The Morgan fingerprint density at radius 2 is 1.91 bits per heavy atom. The number of benzene rings is 2. The molecule has 0 unspecified atom stereocenters. The largest absolute Gasteiger partial charge is 0.351 e. The van der Waals surface area contributed by atoms with Crippen LogP contribution in [-0.2, 0) is 16.6 Å². The molecule has 3 rings (SSSR count). The molecule has 0 atom stereocenters. The third kappa shape index (κ3) is 3.05. The minimum atomic E-state index is -3.77. The van der Waals surface area contributed by atoms with Gasteiger partial charge >= 0.3 is 0 Å². The number of fused-ring (bicyclic) bond motifs is 1. The first-order chi connectivity index (χ1) is 10.4. The van der Waals surface area contributed by atoms with Crippen LogP contribution >= 0.6 is 11.6 Å². The van der Waals surface area contributed by atoms with Gasteiger partial charge in [-0.1, -0.05) is 23.7 Å². The van der Waals surface area contributed by atoms with E-state index in [9.17, 15) is 12.8 Å². The summed E-state index contributed by atoms with van der Waals surface area (Å²) in [5.74, 6) is -0.234. The van der Waals surface area contributed by atoms with Crippen LogP contribution in [0.5, 0.6) is 0 Å². The van der Waals surface area contributed by atoms with Gasteiger partial charge in [0.25, 0.3) is 10.0 Å². The molecule has 2 aromatic carbocycles. The van der Waals surface area contributed by atoms with Crippen molar-refractivity contribution in [1.29, 1.82) is 0 Å². The molecule has 0 aliphatic carbocycles. The number of hydrogen-bond acceptors (Lipinski definition) is 4. The minimum absolute atomic E-state index is 0.0734. The molecule has 0 radical (unpaired) electrons. The maximum Gasteiger partial charge on any atom is 0.287 e. The van der Waals surface area contributed by atoms with Crippen molar-refractivity contribution >= 4 is 33.3 Å². The fourth-order valence-electron chi connectivity index (χ4n) is 2.01. The molecular formula is C14H11ClFN3O2S. The molecule has 1 aliphatic heterocycles. The Kier molecular flexibility index (Phi) is 3.76. The van der Waals surface area contributed by atoms with Gasteiger partial charge in [-0.3, -0.25) is 0 Å². The van der Waals surface area contributed by atoms with Gasteiger partial charge in [0, 0.05) is 11.6 Å². The Labute approximate surface area is 131 Å². The lowest BCUT2D eigenvalue weighted by atomic mass is 10.2. The van der Waals surface area contributed by atoms with Crippen LogP contribution < -0.4 is 10.6 Å². The molecule has 1 heterocycles. The Morgan fingerprint density at radius 3 is 2.64 bits per heavy atom. The molecule has 1 aliphatic rings. The highest BCUT2D eigenvalue weighted by Gasteiger charge is 2.24. The fourth-order valence-corrected chi connectivity index (χ4v) is 3.26. The summed E-state index contributed by atoms with van der Waals surface area (Å²) in [7, 11) is -3.77. The van der Waals surface area contributed by atoms with E-state index < -0.39 is 10.0 Å². The van der Waals surface area contributed by atoms with Crippen molar-refractivity contribution in [3.05, 3.63) is 58.9 Å². The Hall–Kier alpha value is -2.12. The molecule has 0 aromatic heterocycles. The number of nitrogens with one attached hydrogen (secondary N) is 2. The number of guanidine groups is 1. The summed E-state index contributed by atoms with van der Waals surface area (Å²) in [5, 5.41) is 6.16. The van der Waals surface area contributed by atoms with Crippen LogP contribution in [0.4, 0.5) is 10.1 Å². The second kappa shape index (κ2) is 5.58. The summed E-state index contributed by atoms with van der Waals surface area (Å²) in [6.45, 7) is 0.303. The van der Waals surface area contributed by atoms with Crippen LogP contribution in [0.25, 0.3) is 0 Å². The minimum Gasteiger partial charge on any atom is -0.351 e. The van der Waals surface area contributed by atoms with Gasteiger partial charge in [-0.05, 0) is 35.9 Å². The number of nitrogens with zero attached hydrogens (tertiary/aromatic N) is 1. The summed E-state index contributed by atoms with van der Waals surface area (Å²) in [5.41, 5.74) is 1.16.